The Kier molecular flexibility index (Phi) is 5.14. The third kappa shape index (κ3) is 2.83. The Morgan fingerprint density at radius 1 is 1.09 bits per heavy atom. The lowest BCUT2D eigenvalue weighted by Gasteiger charge is -2.54. The smallest absolute Gasteiger partial charge is 0.127 e. The number of hydrogen-bond donors (Lipinski definition) is 0. The summed E-state index contributed by atoms with van der Waals surface area (Å²) in [4.78, 5) is 5.38. The molecule has 178 valence electrons. The van der Waals surface area contributed by atoms with Crippen molar-refractivity contribution in [2.75, 3.05) is 39.3 Å². The summed E-state index contributed by atoms with van der Waals surface area (Å²) in [7, 11) is 5.23. The highest BCUT2D eigenvalue weighted by atomic mass is 16.5. The van der Waals surface area contributed by atoms with Gasteiger partial charge in [0.2, 0.25) is 0 Å². The first kappa shape index (κ1) is 21.6. The lowest BCUT2D eigenvalue weighted by molar-refractivity contribution is 0.123. The Balaban J connectivity index is 1.53. The van der Waals surface area contributed by atoms with E-state index < -0.39 is 0 Å². The van der Waals surface area contributed by atoms with Crippen molar-refractivity contribution in [3.05, 3.63) is 77.1 Å². The number of hydrogen-bond acceptors (Lipinski definition) is 5. The second-order valence-corrected chi connectivity index (χ2v) is 10.0. The molecule has 2 aromatic rings. The summed E-state index contributed by atoms with van der Waals surface area (Å²) in [6.45, 7) is 5.21. The summed E-state index contributed by atoms with van der Waals surface area (Å²) in [5, 5.41) is 0. The van der Waals surface area contributed by atoms with E-state index in [2.05, 4.69) is 59.4 Å². The number of rotatable bonds is 5. The molecule has 6 rings (SSSR count). The van der Waals surface area contributed by atoms with E-state index in [9.17, 15) is 0 Å². The number of methoxy groups -OCH3 is 3. The van der Waals surface area contributed by atoms with Crippen LogP contribution in [0.25, 0.3) is 0 Å². The van der Waals surface area contributed by atoms with Gasteiger partial charge in [-0.1, -0.05) is 29.8 Å². The van der Waals surface area contributed by atoms with Crippen LogP contribution >= 0.6 is 0 Å². The molecule has 5 nitrogen and oxygen atoms in total. The largest absolute Gasteiger partial charge is 0.504 e. The first-order valence-electron chi connectivity index (χ1n) is 12.3. The zero-order valence-electron chi connectivity index (χ0n) is 20.6. The van der Waals surface area contributed by atoms with E-state index in [1.54, 1.807) is 21.3 Å². The second-order valence-electron chi connectivity index (χ2n) is 10.0. The minimum atomic E-state index is 0.0937. The molecule has 1 aliphatic carbocycles. The summed E-state index contributed by atoms with van der Waals surface area (Å²) >= 11 is 0. The highest BCUT2D eigenvalue weighted by molar-refractivity contribution is 5.70. The number of para-hydroxylation sites is 1. The van der Waals surface area contributed by atoms with Crippen molar-refractivity contribution in [2.24, 2.45) is 5.92 Å². The molecule has 1 saturated carbocycles. The predicted octanol–water partition coefficient (Wildman–Crippen LogP) is 4.91. The van der Waals surface area contributed by atoms with E-state index in [0.29, 0.717) is 12.0 Å². The minimum absolute atomic E-state index is 0.0937. The molecular weight excluding hydrogens is 424 g/mol. The normalized spacial score (nSPS) is 31.5. The summed E-state index contributed by atoms with van der Waals surface area (Å²) in [6.07, 6.45) is 6.77. The van der Waals surface area contributed by atoms with Crippen molar-refractivity contribution in [3.8, 4) is 11.5 Å². The van der Waals surface area contributed by atoms with Gasteiger partial charge < -0.3 is 19.1 Å². The lowest BCUT2D eigenvalue weighted by atomic mass is 9.58. The SMILES string of the molecule is C/C=C1\CN2CC[C@]34c5ccccc5N(Cc5ccc(OC)cc5OC)[C@H]3/C(=C\OC)[C@H]1C[C@H]24. The third-order valence-corrected chi connectivity index (χ3v) is 8.83. The van der Waals surface area contributed by atoms with Crippen molar-refractivity contribution >= 4 is 5.69 Å². The number of allylic oxidation sites excluding steroid dienone is 1. The van der Waals surface area contributed by atoms with Crippen LogP contribution in [-0.4, -0.2) is 51.4 Å². The van der Waals surface area contributed by atoms with Gasteiger partial charge in [0.15, 0.2) is 0 Å². The zero-order valence-corrected chi connectivity index (χ0v) is 20.6. The van der Waals surface area contributed by atoms with Gasteiger partial charge in [0.25, 0.3) is 0 Å². The van der Waals surface area contributed by atoms with Gasteiger partial charge in [-0.05, 0) is 55.6 Å². The van der Waals surface area contributed by atoms with Crippen molar-refractivity contribution in [1.29, 1.82) is 0 Å². The average molecular weight is 459 g/mol. The van der Waals surface area contributed by atoms with E-state index in [1.807, 2.05) is 12.1 Å². The molecule has 0 unspecified atom stereocenters. The third-order valence-electron chi connectivity index (χ3n) is 8.83. The first-order valence-corrected chi connectivity index (χ1v) is 12.3. The minimum Gasteiger partial charge on any atom is -0.504 e. The molecule has 0 amide bonds. The van der Waals surface area contributed by atoms with Crippen molar-refractivity contribution in [1.82, 2.24) is 4.90 Å². The van der Waals surface area contributed by atoms with Gasteiger partial charge in [0.05, 0.1) is 33.6 Å². The van der Waals surface area contributed by atoms with Gasteiger partial charge >= 0.3 is 0 Å². The molecule has 3 aliphatic heterocycles. The monoisotopic (exact) mass is 458 g/mol. The van der Waals surface area contributed by atoms with Crippen LogP contribution in [0.2, 0.25) is 0 Å². The fourth-order valence-electron chi connectivity index (χ4n) is 7.50. The highest BCUT2D eigenvalue weighted by Gasteiger charge is 2.65. The van der Waals surface area contributed by atoms with Gasteiger partial charge in [0.1, 0.15) is 11.5 Å². The Bertz CT molecular complexity index is 1170. The van der Waals surface area contributed by atoms with Gasteiger partial charge in [-0.3, -0.25) is 4.90 Å². The highest BCUT2D eigenvalue weighted by Crippen LogP contribution is 2.63. The molecule has 0 N–H and O–H groups in total. The van der Waals surface area contributed by atoms with Crippen LogP contribution in [0.15, 0.2) is 65.9 Å². The maximum absolute atomic E-state index is 5.80. The fraction of sp³-hybridized carbons (Fsp3) is 0.448. The Hall–Kier alpha value is -2.92. The summed E-state index contributed by atoms with van der Waals surface area (Å²) in [6, 6.07) is 16.1. The predicted molar refractivity (Wildman–Crippen MR) is 135 cm³/mol. The van der Waals surface area contributed by atoms with Crippen LogP contribution < -0.4 is 14.4 Å². The second kappa shape index (κ2) is 8.09. The molecular formula is C29H34N2O3. The van der Waals surface area contributed by atoms with Crippen LogP contribution in [0.4, 0.5) is 5.69 Å². The van der Waals surface area contributed by atoms with Crippen LogP contribution in [0.1, 0.15) is 30.9 Å². The molecule has 5 heteroatoms. The molecule has 2 aromatic carbocycles. The van der Waals surface area contributed by atoms with E-state index in [0.717, 1.165) is 31.1 Å². The Morgan fingerprint density at radius 2 is 1.94 bits per heavy atom. The maximum Gasteiger partial charge on any atom is 0.127 e. The molecule has 2 bridgehead atoms. The van der Waals surface area contributed by atoms with Gasteiger partial charge in [-0.15, -0.1) is 0 Å². The number of anilines is 1. The quantitative estimate of drug-likeness (QED) is 0.470. The first-order chi connectivity index (χ1) is 16.7. The van der Waals surface area contributed by atoms with Crippen LogP contribution in [0.5, 0.6) is 11.5 Å². The Labute approximate surface area is 202 Å². The maximum atomic E-state index is 5.80. The average Bonchev–Trinajstić information content (AvgIpc) is 3.40. The molecule has 0 radical (unpaired) electrons. The summed E-state index contributed by atoms with van der Waals surface area (Å²) in [5.74, 6) is 2.13. The molecule has 2 saturated heterocycles. The molecule has 1 spiro atoms. The van der Waals surface area contributed by atoms with E-state index in [4.69, 9.17) is 14.2 Å². The van der Waals surface area contributed by atoms with Gasteiger partial charge in [0, 0.05) is 47.8 Å². The molecule has 3 fully saturated rings. The molecule has 4 atom stereocenters. The van der Waals surface area contributed by atoms with Crippen LogP contribution in [0, 0.1) is 5.92 Å². The molecule has 3 heterocycles. The van der Waals surface area contributed by atoms with Crippen LogP contribution in [-0.2, 0) is 16.7 Å². The molecule has 0 aromatic heterocycles. The number of piperidine rings is 1. The Morgan fingerprint density at radius 3 is 2.71 bits per heavy atom. The number of fused-ring (bicyclic) bond motifs is 2. The van der Waals surface area contributed by atoms with E-state index >= 15 is 0 Å². The summed E-state index contributed by atoms with van der Waals surface area (Å²) < 4.78 is 17.0. The summed E-state index contributed by atoms with van der Waals surface area (Å²) in [5.41, 5.74) is 7.08. The van der Waals surface area contributed by atoms with Crippen molar-refractivity contribution in [3.63, 3.8) is 0 Å². The number of ether oxygens (including phenoxy) is 3. The standard InChI is InChI=1S/C29H34N2O3/c1-5-19-16-30-13-12-29-24-8-6-7-9-25(24)31(17-20-10-11-21(33-3)14-26(20)34-4)28(29)23(18-32-2)22(19)15-27(29)30/h5-11,14,18,22,27-28H,12-13,15-17H2,1-4H3/b19-5+,23-18-/t22-,27-,28-,29+/m0/s1. The van der Waals surface area contributed by atoms with Gasteiger partial charge in [-0.25, -0.2) is 0 Å². The number of benzene rings is 2. The zero-order chi connectivity index (χ0) is 23.4. The van der Waals surface area contributed by atoms with Crippen molar-refractivity contribution < 1.29 is 14.2 Å². The van der Waals surface area contributed by atoms with Crippen molar-refractivity contribution in [2.45, 2.75) is 43.8 Å². The van der Waals surface area contributed by atoms with E-state index in [-0.39, 0.29) is 11.5 Å². The number of nitrogens with zero attached hydrogens (tertiary/aromatic N) is 2. The molecule has 34 heavy (non-hydrogen) atoms. The van der Waals surface area contributed by atoms with Gasteiger partial charge in [-0.2, -0.15) is 0 Å². The topological polar surface area (TPSA) is 34.2 Å². The van der Waals surface area contributed by atoms with Crippen LogP contribution in [0.3, 0.4) is 0 Å². The van der Waals surface area contributed by atoms with E-state index in [1.165, 1.54) is 40.8 Å². The fourth-order valence-corrected chi connectivity index (χ4v) is 7.50. The lowest BCUT2D eigenvalue weighted by Crippen LogP contribution is -2.61. The molecule has 4 aliphatic rings.